The third-order valence-electron chi connectivity index (χ3n) is 5.14. The Labute approximate surface area is 129 Å². The van der Waals surface area contributed by atoms with E-state index in [1.165, 1.54) is 51.6 Å². The Morgan fingerprint density at radius 1 is 1.38 bits per heavy atom. The van der Waals surface area contributed by atoms with Gasteiger partial charge in [-0.15, -0.1) is 0 Å². The van der Waals surface area contributed by atoms with Crippen LogP contribution in [0.4, 0.5) is 0 Å². The fraction of sp³-hybridized carbons (Fsp3) is 0.778. The molecule has 1 aromatic heterocycles. The van der Waals surface area contributed by atoms with Gasteiger partial charge in [0.15, 0.2) is 0 Å². The molecule has 118 valence electrons. The molecule has 1 N–H and O–H groups in total. The highest BCUT2D eigenvalue weighted by molar-refractivity contribution is 4.99. The average molecular weight is 290 g/mol. The molecule has 3 nitrogen and oxygen atoms in total. The van der Waals surface area contributed by atoms with Crippen molar-refractivity contribution in [1.82, 2.24) is 10.2 Å². The molecule has 0 spiro atoms. The van der Waals surface area contributed by atoms with Crippen molar-refractivity contribution in [3.63, 3.8) is 0 Å². The van der Waals surface area contributed by atoms with E-state index in [1.807, 2.05) is 6.07 Å². The molecule has 2 aliphatic rings. The first-order chi connectivity index (χ1) is 10.2. The summed E-state index contributed by atoms with van der Waals surface area (Å²) in [5, 5.41) is 3.80. The van der Waals surface area contributed by atoms with Crippen molar-refractivity contribution in [2.75, 3.05) is 20.1 Å². The summed E-state index contributed by atoms with van der Waals surface area (Å²) in [6.07, 6.45) is 10.1. The monoisotopic (exact) mass is 290 g/mol. The molecule has 3 heteroatoms. The van der Waals surface area contributed by atoms with Crippen molar-refractivity contribution >= 4 is 0 Å². The minimum Gasteiger partial charge on any atom is -0.468 e. The fourth-order valence-corrected chi connectivity index (χ4v) is 4.07. The van der Waals surface area contributed by atoms with Crippen LogP contribution in [-0.4, -0.2) is 31.1 Å². The Balaban J connectivity index is 1.59. The fourth-order valence-electron chi connectivity index (χ4n) is 4.07. The molecule has 2 unspecified atom stereocenters. The van der Waals surface area contributed by atoms with Crippen molar-refractivity contribution in [2.24, 2.45) is 11.3 Å². The second kappa shape index (κ2) is 6.53. The highest BCUT2D eigenvalue weighted by Gasteiger charge is 2.37. The zero-order chi connectivity index (χ0) is 14.7. The van der Waals surface area contributed by atoms with E-state index >= 15 is 0 Å². The van der Waals surface area contributed by atoms with Crippen LogP contribution in [0.5, 0.6) is 0 Å². The first kappa shape index (κ1) is 15.1. The third-order valence-corrected chi connectivity index (χ3v) is 5.14. The van der Waals surface area contributed by atoms with Crippen molar-refractivity contribution in [1.29, 1.82) is 0 Å². The van der Waals surface area contributed by atoms with Crippen LogP contribution >= 0.6 is 0 Å². The van der Waals surface area contributed by atoms with Crippen LogP contribution in [0.25, 0.3) is 0 Å². The van der Waals surface area contributed by atoms with Gasteiger partial charge < -0.3 is 9.73 Å². The van der Waals surface area contributed by atoms with Crippen molar-refractivity contribution < 1.29 is 4.42 Å². The van der Waals surface area contributed by atoms with Gasteiger partial charge in [0.05, 0.1) is 12.8 Å². The van der Waals surface area contributed by atoms with Gasteiger partial charge >= 0.3 is 0 Å². The Bertz CT molecular complexity index is 426. The maximum absolute atomic E-state index is 5.50. The number of rotatable bonds is 7. The molecular weight excluding hydrogens is 260 g/mol. The summed E-state index contributed by atoms with van der Waals surface area (Å²) in [4.78, 5) is 2.45. The largest absolute Gasteiger partial charge is 0.468 e. The van der Waals surface area contributed by atoms with Gasteiger partial charge in [0, 0.05) is 19.1 Å². The van der Waals surface area contributed by atoms with Crippen LogP contribution < -0.4 is 5.32 Å². The van der Waals surface area contributed by atoms with Crippen LogP contribution in [0.15, 0.2) is 22.8 Å². The van der Waals surface area contributed by atoms with Gasteiger partial charge in [0.1, 0.15) is 5.76 Å². The summed E-state index contributed by atoms with van der Waals surface area (Å²) in [5.41, 5.74) is 0.460. The summed E-state index contributed by atoms with van der Waals surface area (Å²) in [5.74, 6) is 1.95. The van der Waals surface area contributed by atoms with Crippen molar-refractivity contribution in [3.8, 4) is 0 Å². The SMILES string of the molecule is CC1CCCC(CNC2CC2)(CN(C)Cc2ccco2)C1. The first-order valence-electron chi connectivity index (χ1n) is 8.60. The van der Waals surface area contributed by atoms with Crippen LogP contribution in [0, 0.1) is 11.3 Å². The molecule has 3 rings (SSSR count). The topological polar surface area (TPSA) is 28.4 Å². The normalized spacial score (nSPS) is 30.0. The Kier molecular flexibility index (Phi) is 4.70. The molecule has 2 atom stereocenters. The molecule has 0 amide bonds. The number of furan rings is 1. The lowest BCUT2D eigenvalue weighted by atomic mass is 9.69. The van der Waals surface area contributed by atoms with Crippen LogP contribution in [-0.2, 0) is 6.54 Å². The molecule has 2 aliphatic carbocycles. The van der Waals surface area contributed by atoms with Crippen LogP contribution in [0.1, 0.15) is 51.2 Å². The summed E-state index contributed by atoms with van der Waals surface area (Å²) in [6.45, 7) is 5.73. The van der Waals surface area contributed by atoms with Gasteiger partial charge in [-0.3, -0.25) is 4.90 Å². The van der Waals surface area contributed by atoms with E-state index in [-0.39, 0.29) is 0 Å². The van der Waals surface area contributed by atoms with Gasteiger partial charge in [0.25, 0.3) is 0 Å². The molecule has 1 aromatic rings. The van der Waals surface area contributed by atoms with E-state index in [2.05, 4.69) is 30.3 Å². The minimum absolute atomic E-state index is 0.460. The molecule has 0 saturated heterocycles. The smallest absolute Gasteiger partial charge is 0.117 e. The van der Waals surface area contributed by atoms with E-state index in [0.717, 1.165) is 24.3 Å². The molecular formula is C18H30N2O. The van der Waals surface area contributed by atoms with E-state index in [1.54, 1.807) is 6.26 Å². The zero-order valence-corrected chi connectivity index (χ0v) is 13.6. The van der Waals surface area contributed by atoms with Gasteiger partial charge in [0.2, 0.25) is 0 Å². The standard InChI is InChI=1S/C18H30N2O/c1-15-5-3-9-18(11-15,13-19-16-7-8-16)14-20(2)12-17-6-4-10-21-17/h4,6,10,15-16,19H,3,5,7-9,11-14H2,1-2H3. The van der Waals surface area contributed by atoms with Gasteiger partial charge in [-0.25, -0.2) is 0 Å². The van der Waals surface area contributed by atoms with Gasteiger partial charge in [-0.2, -0.15) is 0 Å². The number of hydrogen-bond acceptors (Lipinski definition) is 3. The lowest BCUT2D eigenvalue weighted by Crippen LogP contribution is -2.46. The lowest BCUT2D eigenvalue weighted by molar-refractivity contribution is 0.0856. The second-order valence-corrected chi connectivity index (χ2v) is 7.61. The minimum atomic E-state index is 0.460. The summed E-state index contributed by atoms with van der Waals surface area (Å²) in [6, 6.07) is 4.88. The number of nitrogens with one attached hydrogen (secondary N) is 1. The number of nitrogens with zero attached hydrogens (tertiary/aromatic N) is 1. The Morgan fingerprint density at radius 2 is 2.24 bits per heavy atom. The maximum Gasteiger partial charge on any atom is 0.117 e. The molecule has 0 aromatic carbocycles. The first-order valence-corrected chi connectivity index (χ1v) is 8.60. The van der Waals surface area contributed by atoms with E-state index in [4.69, 9.17) is 4.42 Å². The summed E-state index contributed by atoms with van der Waals surface area (Å²) < 4.78 is 5.50. The second-order valence-electron chi connectivity index (χ2n) is 7.61. The molecule has 0 aliphatic heterocycles. The molecule has 2 fully saturated rings. The Hall–Kier alpha value is -0.800. The summed E-state index contributed by atoms with van der Waals surface area (Å²) >= 11 is 0. The molecule has 0 radical (unpaired) electrons. The highest BCUT2D eigenvalue weighted by Crippen LogP contribution is 2.40. The zero-order valence-electron chi connectivity index (χ0n) is 13.6. The quantitative estimate of drug-likeness (QED) is 0.830. The van der Waals surface area contributed by atoms with Crippen LogP contribution in [0.2, 0.25) is 0 Å². The molecule has 0 bridgehead atoms. The van der Waals surface area contributed by atoms with E-state index in [9.17, 15) is 0 Å². The highest BCUT2D eigenvalue weighted by atomic mass is 16.3. The molecule has 21 heavy (non-hydrogen) atoms. The summed E-state index contributed by atoms with van der Waals surface area (Å²) in [7, 11) is 2.24. The van der Waals surface area contributed by atoms with Crippen LogP contribution in [0.3, 0.4) is 0 Å². The maximum atomic E-state index is 5.50. The Morgan fingerprint density at radius 3 is 2.90 bits per heavy atom. The predicted molar refractivity (Wildman–Crippen MR) is 86.1 cm³/mol. The third kappa shape index (κ3) is 4.33. The predicted octanol–water partition coefficient (Wildman–Crippen LogP) is 3.66. The molecule has 2 saturated carbocycles. The van der Waals surface area contributed by atoms with E-state index in [0.29, 0.717) is 5.41 Å². The van der Waals surface area contributed by atoms with E-state index < -0.39 is 0 Å². The van der Waals surface area contributed by atoms with Gasteiger partial charge in [-0.1, -0.05) is 19.8 Å². The van der Waals surface area contributed by atoms with Crippen molar-refractivity contribution in [2.45, 2.75) is 58.0 Å². The average Bonchev–Trinajstić information content (AvgIpc) is 3.14. The lowest BCUT2D eigenvalue weighted by Gasteiger charge is -2.43. The van der Waals surface area contributed by atoms with Crippen molar-refractivity contribution in [3.05, 3.63) is 24.2 Å². The van der Waals surface area contributed by atoms with Gasteiger partial charge in [-0.05, 0) is 56.2 Å². The molecule has 1 heterocycles. The number of hydrogen-bond donors (Lipinski definition) is 1.